The Bertz CT molecular complexity index is 1110. The van der Waals surface area contributed by atoms with Crippen molar-refractivity contribution in [3.8, 4) is 0 Å². The standard InChI is InChI=1S/C23H26N2O5S/c1-3-25(4-2)31(27,28)22-12-6-9-19(15-22)23(26)24-20-10-5-8-18(14-20)16-29-17-21-11-7-13-30-21/h5-15H,3-4,16-17H2,1-2H3,(H,24,26). The van der Waals surface area contributed by atoms with Gasteiger partial charge in [-0.25, -0.2) is 8.42 Å². The molecule has 8 heteroatoms. The van der Waals surface area contributed by atoms with Crippen LogP contribution in [0.15, 0.2) is 76.2 Å². The molecule has 1 amide bonds. The molecule has 0 saturated heterocycles. The van der Waals surface area contributed by atoms with Crippen molar-refractivity contribution in [2.24, 2.45) is 0 Å². The number of furan rings is 1. The summed E-state index contributed by atoms with van der Waals surface area (Å²) in [5.41, 5.74) is 1.76. The van der Waals surface area contributed by atoms with Crippen LogP contribution in [0.2, 0.25) is 0 Å². The highest BCUT2D eigenvalue weighted by Crippen LogP contribution is 2.19. The van der Waals surface area contributed by atoms with E-state index in [2.05, 4.69) is 5.32 Å². The fourth-order valence-electron chi connectivity index (χ4n) is 3.12. The molecule has 0 saturated carbocycles. The number of carbonyl (C=O) groups excluding carboxylic acids is 1. The van der Waals surface area contributed by atoms with Gasteiger partial charge in [-0.05, 0) is 48.0 Å². The maximum atomic E-state index is 12.7. The van der Waals surface area contributed by atoms with Gasteiger partial charge in [0.1, 0.15) is 12.4 Å². The van der Waals surface area contributed by atoms with Crippen LogP contribution in [-0.4, -0.2) is 31.7 Å². The fraction of sp³-hybridized carbons (Fsp3) is 0.261. The number of benzene rings is 2. The van der Waals surface area contributed by atoms with Crippen LogP contribution >= 0.6 is 0 Å². The molecular weight excluding hydrogens is 416 g/mol. The SMILES string of the molecule is CCN(CC)S(=O)(=O)c1cccc(C(=O)Nc2cccc(COCc3ccco3)c2)c1. The number of nitrogens with zero attached hydrogens (tertiary/aromatic N) is 1. The van der Waals surface area contributed by atoms with Crippen LogP contribution in [0, 0.1) is 0 Å². The van der Waals surface area contributed by atoms with Crippen molar-refractivity contribution in [2.45, 2.75) is 32.0 Å². The molecule has 1 N–H and O–H groups in total. The molecule has 0 aliphatic carbocycles. The molecule has 0 fully saturated rings. The van der Waals surface area contributed by atoms with Gasteiger partial charge in [0.2, 0.25) is 10.0 Å². The summed E-state index contributed by atoms with van der Waals surface area (Å²) in [6.45, 7) is 5.01. The van der Waals surface area contributed by atoms with Gasteiger partial charge in [-0.3, -0.25) is 4.79 Å². The van der Waals surface area contributed by atoms with Crippen LogP contribution < -0.4 is 5.32 Å². The summed E-state index contributed by atoms with van der Waals surface area (Å²) in [5, 5.41) is 2.82. The average molecular weight is 443 g/mol. The molecule has 3 rings (SSSR count). The second-order valence-electron chi connectivity index (χ2n) is 6.84. The molecule has 3 aromatic rings. The molecule has 164 valence electrons. The van der Waals surface area contributed by atoms with E-state index in [0.717, 1.165) is 11.3 Å². The van der Waals surface area contributed by atoms with Crippen molar-refractivity contribution in [1.29, 1.82) is 0 Å². The highest BCUT2D eigenvalue weighted by Gasteiger charge is 2.22. The Kier molecular flexibility index (Phi) is 7.62. The number of amides is 1. The normalized spacial score (nSPS) is 11.6. The second-order valence-corrected chi connectivity index (χ2v) is 8.78. The minimum atomic E-state index is -3.64. The summed E-state index contributed by atoms with van der Waals surface area (Å²) in [4.78, 5) is 12.8. The van der Waals surface area contributed by atoms with E-state index in [0.29, 0.717) is 32.0 Å². The van der Waals surface area contributed by atoms with E-state index in [1.807, 2.05) is 24.3 Å². The molecule has 0 atom stereocenters. The maximum Gasteiger partial charge on any atom is 0.255 e. The lowest BCUT2D eigenvalue weighted by atomic mass is 10.2. The average Bonchev–Trinajstić information content (AvgIpc) is 3.28. The van der Waals surface area contributed by atoms with E-state index < -0.39 is 10.0 Å². The quantitative estimate of drug-likeness (QED) is 0.506. The van der Waals surface area contributed by atoms with Gasteiger partial charge in [0.25, 0.3) is 5.91 Å². The van der Waals surface area contributed by atoms with Gasteiger partial charge < -0.3 is 14.5 Å². The monoisotopic (exact) mass is 442 g/mol. The number of nitrogens with one attached hydrogen (secondary N) is 1. The minimum Gasteiger partial charge on any atom is -0.467 e. The molecule has 0 bridgehead atoms. The van der Waals surface area contributed by atoms with Crippen molar-refractivity contribution in [1.82, 2.24) is 4.31 Å². The number of hydrogen-bond acceptors (Lipinski definition) is 5. The Hall–Kier alpha value is -2.94. The zero-order valence-electron chi connectivity index (χ0n) is 17.6. The predicted molar refractivity (Wildman–Crippen MR) is 118 cm³/mol. The first-order chi connectivity index (χ1) is 14.9. The van der Waals surface area contributed by atoms with E-state index in [1.54, 1.807) is 44.4 Å². The zero-order chi connectivity index (χ0) is 22.3. The van der Waals surface area contributed by atoms with E-state index in [-0.39, 0.29) is 16.4 Å². The van der Waals surface area contributed by atoms with E-state index in [9.17, 15) is 13.2 Å². The summed E-state index contributed by atoms with van der Waals surface area (Å²) in [7, 11) is -3.64. The topological polar surface area (TPSA) is 88.9 Å². The maximum absolute atomic E-state index is 12.7. The molecule has 31 heavy (non-hydrogen) atoms. The minimum absolute atomic E-state index is 0.101. The highest BCUT2D eigenvalue weighted by atomic mass is 32.2. The molecule has 0 aliphatic heterocycles. The van der Waals surface area contributed by atoms with Crippen LogP contribution in [0.1, 0.15) is 35.5 Å². The summed E-state index contributed by atoms with van der Waals surface area (Å²) in [6, 6.07) is 17.0. The van der Waals surface area contributed by atoms with Gasteiger partial charge in [0.15, 0.2) is 0 Å². The Labute approximate surface area is 182 Å². The van der Waals surface area contributed by atoms with Crippen LogP contribution in [0.3, 0.4) is 0 Å². The van der Waals surface area contributed by atoms with Gasteiger partial charge in [0.05, 0.1) is 17.8 Å². The Balaban J connectivity index is 1.67. The summed E-state index contributed by atoms with van der Waals surface area (Å²) in [6.07, 6.45) is 1.59. The van der Waals surface area contributed by atoms with Crippen LogP contribution in [0.4, 0.5) is 5.69 Å². The molecule has 2 aromatic carbocycles. The molecule has 0 aliphatic rings. The van der Waals surface area contributed by atoms with Crippen molar-refractivity contribution >= 4 is 21.6 Å². The van der Waals surface area contributed by atoms with Gasteiger partial charge >= 0.3 is 0 Å². The Morgan fingerprint density at radius 1 is 1.00 bits per heavy atom. The van der Waals surface area contributed by atoms with Gasteiger partial charge in [-0.15, -0.1) is 0 Å². The molecule has 0 spiro atoms. The third-order valence-electron chi connectivity index (χ3n) is 4.72. The summed E-state index contributed by atoms with van der Waals surface area (Å²) >= 11 is 0. The van der Waals surface area contributed by atoms with Crippen molar-refractivity contribution < 1.29 is 22.4 Å². The third-order valence-corrected chi connectivity index (χ3v) is 6.76. The first-order valence-electron chi connectivity index (χ1n) is 10.0. The lowest BCUT2D eigenvalue weighted by molar-refractivity contribution is 0.0929. The first kappa shape index (κ1) is 22.7. The third kappa shape index (κ3) is 5.81. The summed E-state index contributed by atoms with van der Waals surface area (Å²) < 4.78 is 37.7. The number of hydrogen-bond donors (Lipinski definition) is 1. The smallest absolute Gasteiger partial charge is 0.255 e. The number of rotatable bonds is 10. The van der Waals surface area contributed by atoms with Crippen molar-refractivity contribution in [3.05, 3.63) is 83.8 Å². The van der Waals surface area contributed by atoms with Crippen LogP contribution in [-0.2, 0) is 28.0 Å². The number of ether oxygens (including phenoxy) is 1. The van der Waals surface area contributed by atoms with E-state index in [1.165, 1.54) is 16.4 Å². The van der Waals surface area contributed by atoms with Crippen LogP contribution in [0.25, 0.3) is 0 Å². The highest BCUT2D eigenvalue weighted by molar-refractivity contribution is 7.89. The predicted octanol–water partition coefficient (Wildman–Crippen LogP) is 4.28. The Morgan fingerprint density at radius 3 is 2.48 bits per heavy atom. The number of carbonyl (C=O) groups is 1. The lowest BCUT2D eigenvalue weighted by Crippen LogP contribution is -2.30. The van der Waals surface area contributed by atoms with E-state index >= 15 is 0 Å². The van der Waals surface area contributed by atoms with Gasteiger partial charge in [-0.1, -0.05) is 32.0 Å². The molecule has 0 unspecified atom stereocenters. The molecule has 0 radical (unpaired) electrons. The fourth-order valence-corrected chi connectivity index (χ4v) is 4.62. The molecular formula is C23H26N2O5S. The van der Waals surface area contributed by atoms with Crippen molar-refractivity contribution in [2.75, 3.05) is 18.4 Å². The lowest BCUT2D eigenvalue weighted by Gasteiger charge is -2.18. The van der Waals surface area contributed by atoms with Gasteiger partial charge in [-0.2, -0.15) is 4.31 Å². The largest absolute Gasteiger partial charge is 0.467 e. The number of sulfonamides is 1. The zero-order valence-corrected chi connectivity index (χ0v) is 18.4. The molecule has 7 nitrogen and oxygen atoms in total. The first-order valence-corrected chi connectivity index (χ1v) is 11.5. The number of anilines is 1. The molecule has 1 aromatic heterocycles. The second kappa shape index (κ2) is 10.4. The van der Waals surface area contributed by atoms with Crippen molar-refractivity contribution in [3.63, 3.8) is 0 Å². The Morgan fingerprint density at radius 2 is 1.77 bits per heavy atom. The van der Waals surface area contributed by atoms with Crippen LogP contribution in [0.5, 0.6) is 0 Å². The van der Waals surface area contributed by atoms with E-state index in [4.69, 9.17) is 9.15 Å². The molecule has 1 heterocycles. The summed E-state index contributed by atoms with van der Waals surface area (Å²) in [5.74, 6) is 0.356. The van der Waals surface area contributed by atoms with Gasteiger partial charge in [0, 0.05) is 24.3 Å².